The minimum atomic E-state index is -1.03. The molecule has 15 heteroatoms. The third-order valence-corrected chi connectivity index (χ3v) is 10.8. The summed E-state index contributed by atoms with van der Waals surface area (Å²) in [6, 6.07) is 11.9. The SMILES string of the molecule is CN1C[C@H](Nc2cnn(C)c(=O)c2Br)C[C@H](c2ccc(C(=O)N3CCN(c4cccc5c4C(=O)N(C4CCC(=O)NC4=O)C5=O)CC3)cc2)C1. The van der Waals surface area contributed by atoms with Gasteiger partial charge >= 0.3 is 0 Å². The number of likely N-dealkylation sites (N-methyl/N-ethyl adjacent to an activating group) is 1. The molecule has 4 aliphatic heterocycles. The molecular formula is C35H37BrN8O6. The van der Waals surface area contributed by atoms with E-state index in [1.54, 1.807) is 36.3 Å². The first kappa shape index (κ1) is 33.6. The molecule has 0 bridgehead atoms. The van der Waals surface area contributed by atoms with Gasteiger partial charge in [0.1, 0.15) is 10.5 Å². The van der Waals surface area contributed by atoms with Crippen molar-refractivity contribution < 1.29 is 24.0 Å². The normalized spacial score (nSPS) is 22.9. The number of carbonyl (C=O) groups excluding carboxylic acids is 5. The highest BCUT2D eigenvalue weighted by Gasteiger charge is 2.46. The second-order valence-corrected chi connectivity index (χ2v) is 14.1. The van der Waals surface area contributed by atoms with Gasteiger partial charge in [-0.15, -0.1) is 0 Å². The van der Waals surface area contributed by atoms with Crippen molar-refractivity contribution in [3.8, 4) is 0 Å². The van der Waals surface area contributed by atoms with Gasteiger partial charge in [-0.1, -0.05) is 18.2 Å². The Bertz CT molecular complexity index is 1960. The van der Waals surface area contributed by atoms with E-state index in [0.717, 1.165) is 30.0 Å². The zero-order valence-electron chi connectivity index (χ0n) is 27.7. The van der Waals surface area contributed by atoms with Gasteiger partial charge in [0, 0.05) is 64.3 Å². The van der Waals surface area contributed by atoms with Crippen molar-refractivity contribution in [2.45, 2.75) is 37.3 Å². The molecule has 1 aromatic heterocycles. The zero-order valence-corrected chi connectivity index (χ0v) is 29.3. The first-order valence-corrected chi connectivity index (χ1v) is 17.4. The van der Waals surface area contributed by atoms with Crippen LogP contribution in [0.3, 0.4) is 0 Å². The third-order valence-electron chi connectivity index (χ3n) is 10.1. The number of amides is 5. The smallest absolute Gasteiger partial charge is 0.282 e. The summed E-state index contributed by atoms with van der Waals surface area (Å²) in [5.41, 5.74) is 3.27. The van der Waals surface area contributed by atoms with Crippen molar-refractivity contribution >= 4 is 56.8 Å². The lowest BCUT2D eigenvalue weighted by atomic mass is 9.87. The number of aryl methyl sites for hydroxylation is 1. The van der Waals surface area contributed by atoms with E-state index in [1.165, 1.54) is 4.68 Å². The second kappa shape index (κ2) is 13.4. The quantitative estimate of drug-likeness (QED) is 0.357. The molecule has 4 aliphatic rings. The molecule has 0 spiro atoms. The molecule has 0 aliphatic carbocycles. The molecule has 0 radical (unpaired) electrons. The van der Waals surface area contributed by atoms with Crippen LogP contribution in [0.15, 0.2) is 57.9 Å². The van der Waals surface area contributed by atoms with Gasteiger partial charge in [0.05, 0.1) is 28.7 Å². The van der Waals surface area contributed by atoms with Crippen LogP contribution < -0.4 is 21.1 Å². The average Bonchev–Trinajstić information content (AvgIpc) is 3.37. The molecule has 3 fully saturated rings. The number of fused-ring (bicyclic) bond motifs is 1. The van der Waals surface area contributed by atoms with Crippen LogP contribution in [0.2, 0.25) is 0 Å². The second-order valence-electron chi connectivity index (χ2n) is 13.3. The van der Waals surface area contributed by atoms with Crippen molar-refractivity contribution in [2.24, 2.45) is 7.05 Å². The molecule has 7 rings (SSSR count). The van der Waals surface area contributed by atoms with Crippen LogP contribution in [-0.4, -0.2) is 112 Å². The van der Waals surface area contributed by atoms with Crippen LogP contribution in [0.5, 0.6) is 0 Å². The summed E-state index contributed by atoms with van der Waals surface area (Å²) < 4.78 is 1.74. The molecule has 3 saturated heterocycles. The monoisotopic (exact) mass is 744 g/mol. The summed E-state index contributed by atoms with van der Waals surface area (Å²) in [4.78, 5) is 83.9. The number of nitrogens with zero attached hydrogens (tertiary/aromatic N) is 6. The number of nitrogens with one attached hydrogen (secondary N) is 2. The maximum atomic E-state index is 13.6. The van der Waals surface area contributed by atoms with Crippen LogP contribution >= 0.6 is 15.9 Å². The number of halogens is 1. The Balaban J connectivity index is 0.985. The maximum absolute atomic E-state index is 13.6. The summed E-state index contributed by atoms with van der Waals surface area (Å²) in [6.07, 6.45) is 2.65. The summed E-state index contributed by atoms with van der Waals surface area (Å²) in [5.74, 6) is -2.00. The van der Waals surface area contributed by atoms with Gasteiger partial charge in [-0.25, -0.2) is 4.68 Å². The molecule has 14 nitrogen and oxygen atoms in total. The van der Waals surface area contributed by atoms with E-state index in [9.17, 15) is 28.8 Å². The number of benzene rings is 2. The molecule has 50 heavy (non-hydrogen) atoms. The van der Waals surface area contributed by atoms with Crippen LogP contribution in [0, 0.1) is 0 Å². The van der Waals surface area contributed by atoms with Crippen LogP contribution in [0.1, 0.15) is 61.8 Å². The lowest BCUT2D eigenvalue weighted by Gasteiger charge is -2.37. The highest BCUT2D eigenvalue weighted by atomic mass is 79.9. The van der Waals surface area contributed by atoms with Crippen LogP contribution in [0.25, 0.3) is 0 Å². The van der Waals surface area contributed by atoms with Crippen molar-refractivity contribution in [3.63, 3.8) is 0 Å². The fourth-order valence-electron chi connectivity index (χ4n) is 7.49. The molecule has 3 aromatic rings. The van der Waals surface area contributed by atoms with Gasteiger partial charge < -0.3 is 20.0 Å². The molecule has 2 N–H and O–H groups in total. The first-order chi connectivity index (χ1) is 24.0. The number of hydrogen-bond acceptors (Lipinski definition) is 10. The van der Waals surface area contributed by atoms with E-state index < -0.39 is 29.7 Å². The van der Waals surface area contributed by atoms with E-state index in [0.29, 0.717) is 47.6 Å². The third kappa shape index (κ3) is 6.19. The van der Waals surface area contributed by atoms with Crippen molar-refractivity contribution in [3.05, 3.63) is 85.7 Å². The Labute approximate surface area is 296 Å². The Morgan fingerprint density at radius 1 is 0.940 bits per heavy atom. The molecule has 0 saturated carbocycles. The molecule has 2 aromatic carbocycles. The Morgan fingerprint density at radius 2 is 1.68 bits per heavy atom. The maximum Gasteiger partial charge on any atom is 0.282 e. The van der Waals surface area contributed by atoms with E-state index >= 15 is 0 Å². The van der Waals surface area contributed by atoms with Crippen LogP contribution in [-0.2, 0) is 16.6 Å². The van der Waals surface area contributed by atoms with E-state index in [-0.39, 0.29) is 47.4 Å². The van der Waals surface area contributed by atoms with E-state index in [4.69, 9.17) is 0 Å². The number of aromatic nitrogens is 2. The molecule has 5 amide bonds. The predicted octanol–water partition coefficient (Wildman–Crippen LogP) is 1.81. The fourth-order valence-corrected chi connectivity index (χ4v) is 7.96. The lowest BCUT2D eigenvalue weighted by molar-refractivity contribution is -0.136. The summed E-state index contributed by atoms with van der Waals surface area (Å²) in [7, 11) is 3.68. The number of hydrogen-bond donors (Lipinski definition) is 2. The molecular weight excluding hydrogens is 708 g/mol. The zero-order chi connectivity index (χ0) is 35.3. The predicted molar refractivity (Wildman–Crippen MR) is 187 cm³/mol. The minimum Gasteiger partial charge on any atom is -0.379 e. The van der Waals surface area contributed by atoms with Gasteiger partial charge in [0.15, 0.2) is 0 Å². The van der Waals surface area contributed by atoms with Gasteiger partial charge in [0.25, 0.3) is 23.3 Å². The molecule has 260 valence electrons. The number of imide groups is 2. The summed E-state index contributed by atoms with van der Waals surface area (Å²) >= 11 is 3.40. The van der Waals surface area contributed by atoms with E-state index in [2.05, 4.69) is 43.6 Å². The Kier molecular flexibility index (Phi) is 9.03. The summed E-state index contributed by atoms with van der Waals surface area (Å²) in [6.45, 7) is 3.46. The highest BCUT2D eigenvalue weighted by Crippen LogP contribution is 2.35. The number of piperazine rings is 1. The van der Waals surface area contributed by atoms with Crippen molar-refractivity contribution in [1.82, 2.24) is 29.8 Å². The number of anilines is 2. The van der Waals surface area contributed by atoms with Gasteiger partial charge in [0.2, 0.25) is 11.8 Å². The largest absolute Gasteiger partial charge is 0.379 e. The summed E-state index contributed by atoms with van der Waals surface area (Å²) in [5, 5.41) is 9.85. The average molecular weight is 746 g/mol. The van der Waals surface area contributed by atoms with Crippen molar-refractivity contribution in [2.75, 3.05) is 56.5 Å². The molecule has 3 atom stereocenters. The Morgan fingerprint density at radius 3 is 2.40 bits per heavy atom. The standard InChI is InChI=1S/C35H37BrN8O6/c1-40-18-22(16-23(19-40)38-25-17-37-41(2)35(50)30(25)36)20-6-8-21(9-7-20)32(47)43-14-12-42(13-15-43)26-5-3-4-24-29(26)34(49)44(33(24)48)27-10-11-28(45)39-31(27)46/h3-9,17,22-23,27,38H,10-16,18-19H2,1-2H3,(H,39,45,46)/t22-,23+,27?/m0/s1. The number of carbonyl (C=O) groups is 5. The van der Waals surface area contributed by atoms with Crippen molar-refractivity contribution in [1.29, 1.82) is 0 Å². The lowest BCUT2D eigenvalue weighted by Crippen LogP contribution is -2.54. The topological polar surface area (TPSA) is 157 Å². The van der Waals surface area contributed by atoms with Gasteiger partial charge in [-0.3, -0.25) is 39.0 Å². The highest BCUT2D eigenvalue weighted by molar-refractivity contribution is 9.10. The van der Waals surface area contributed by atoms with E-state index in [1.807, 2.05) is 29.2 Å². The minimum absolute atomic E-state index is 0.0562. The number of rotatable bonds is 6. The van der Waals surface area contributed by atoms with Gasteiger partial charge in [-0.05, 0) is 71.6 Å². The Hall–Kier alpha value is -4.89. The number of piperidine rings is 2. The molecule has 1 unspecified atom stereocenters. The first-order valence-electron chi connectivity index (χ1n) is 16.7. The fraction of sp³-hybridized carbons (Fsp3) is 0.400. The van der Waals surface area contributed by atoms with Crippen LogP contribution in [0.4, 0.5) is 11.4 Å². The van der Waals surface area contributed by atoms with Gasteiger partial charge in [-0.2, -0.15) is 5.10 Å². The number of likely N-dealkylation sites (tertiary alicyclic amines) is 1. The molecule has 5 heterocycles.